The standard InChI is InChI=1S/C24H24ClN3O2/c25-19-5-7-22-21(12-19)17(13-26-22)8-9-28-14-18(11-23(28)29)24(30)27-20-6-4-15-2-1-3-16(15)10-20/h4-7,10,12-13,18,26H,1-3,8-9,11,14H2,(H,27,30). The Labute approximate surface area is 180 Å². The number of carbonyl (C=O) groups is 2. The number of nitrogens with one attached hydrogen (secondary N) is 2. The summed E-state index contributed by atoms with van der Waals surface area (Å²) in [5.74, 6) is -0.326. The lowest BCUT2D eigenvalue weighted by Crippen LogP contribution is -2.30. The topological polar surface area (TPSA) is 65.2 Å². The van der Waals surface area contributed by atoms with E-state index in [2.05, 4.69) is 22.4 Å². The van der Waals surface area contributed by atoms with Gasteiger partial charge in [0.2, 0.25) is 11.8 Å². The lowest BCUT2D eigenvalue weighted by atomic mass is 10.1. The number of anilines is 1. The minimum atomic E-state index is -0.303. The highest BCUT2D eigenvalue weighted by Gasteiger charge is 2.34. The fourth-order valence-corrected chi connectivity index (χ4v) is 4.84. The zero-order valence-electron chi connectivity index (χ0n) is 16.7. The van der Waals surface area contributed by atoms with E-state index in [4.69, 9.17) is 11.6 Å². The van der Waals surface area contributed by atoms with Gasteiger partial charge >= 0.3 is 0 Å². The smallest absolute Gasteiger partial charge is 0.229 e. The number of rotatable bonds is 5. The van der Waals surface area contributed by atoms with E-state index in [-0.39, 0.29) is 24.2 Å². The van der Waals surface area contributed by atoms with Gasteiger partial charge in [0.25, 0.3) is 0 Å². The van der Waals surface area contributed by atoms with Crippen LogP contribution in [-0.4, -0.2) is 34.8 Å². The van der Waals surface area contributed by atoms with E-state index in [1.807, 2.05) is 30.5 Å². The van der Waals surface area contributed by atoms with Crippen molar-refractivity contribution in [1.82, 2.24) is 9.88 Å². The minimum Gasteiger partial charge on any atom is -0.361 e. The molecule has 2 aliphatic rings. The van der Waals surface area contributed by atoms with E-state index in [1.165, 1.54) is 17.5 Å². The Bertz CT molecular complexity index is 1140. The highest BCUT2D eigenvalue weighted by atomic mass is 35.5. The average molecular weight is 422 g/mol. The molecule has 2 N–H and O–H groups in total. The molecule has 1 aromatic heterocycles. The van der Waals surface area contributed by atoms with Crippen molar-refractivity contribution in [3.05, 3.63) is 64.3 Å². The Morgan fingerprint density at radius 2 is 2.03 bits per heavy atom. The largest absolute Gasteiger partial charge is 0.361 e. The molecule has 30 heavy (non-hydrogen) atoms. The first kappa shape index (κ1) is 19.2. The predicted molar refractivity (Wildman–Crippen MR) is 119 cm³/mol. The van der Waals surface area contributed by atoms with E-state index in [0.717, 1.165) is 41.4 Å². The molecule has 6 heteroatoms. The molecule has 5 nitrogen and oxygen atoms in total. The van der Waals surface area contributed by atoms with Gasteiger partial charge in [-0.15, -0.1) is 0 Å². The Morgan fingerprint density at radius 3 is 2.93 bits per heavy atom. The quantitative estimate of drug-likeness (QED) is 0.643. The second kappa shape index (κ2) is 7.80. The van der Waals surface area contributed by atoms with Crippen LogP contribution in [0.25, 0.3) is 10.9 Å². The molecule has 0 radical (unpaired) electrons. The lowest BCUT2D eigenvalue weighted by Gasteiger charge is -2.16. The summed E-state index contributed by atoms with van der Waals surface area (Å²) in [5, 5.41) is 4.80. The number of aryl methyl sites for hydroxylation is 2. The summed E-state index contributed by atoms with van der Waals surface area (Å²) in [6, 6.07) is 11.9. The van der Waals surface area contributed by atoms with Crippen molar-refractivity contribution in [1.29, 1.82) is 0 Å². The van der Waals surface area contributed by atoms with Gasteiger partial charge in [0.05, 0.1) is 5.92 Å². The molecule has 1 aliphatic carbocycles. The van der Waals surface area contributed by atoms with Gasteiger partial charge in [0.15, 0.2) is 0 Å². The molecular formula is C24H24ClN3O2. The summed E-state index contributed by atoms with van der Waals surface area (Å²) >= 11 is 6.13. The van der Waals surface area contributed by atoms with E-state index >= 15 is 0 Å². The van der Waals surface area contributed by atoms with Crippen LogP contribution >= 0.6 is 11.6 Å². The zero-order chi connectivity index (χ0) is 20.7. The van der Waals surface area contributed by atoms with Crippen molar-refractivity contribution >= 4 is 40.0 Å². The van der Waals surface area contributed by atoms with Gasteiger partial charge in [-0.2, -0.15) is 0 Å². The maximum atomic E-state index is 12.7. The minimum absolute atomic E-state index is 0.0435. The number of nitrogens with zero attached hydrogens (tertiary/aromatic N) is 1. The molecule has 2 heterocycles. The van der Waals surface area contributed by atoms with E-state index in [0.29, 0.717) is 18.1 Å². The maximum Gasteiger partial charge on any atom is 0.229 e. The summed E-state index contributed by atoms with van der Waals surface area (Å²) < 4.78 is 0. The van der Waals surface area contributed by atoms with Gasteiger partial charge in [0, 0.05) is 47.3 Å². The number of aromatic nitrogens is 1. The third-order valence-corrected chi connectivity index (χ3v) is 6.57. The Morgan fingerprint density at radius 1 is 1.17 bits per heavy atom. The second-order valence-corrected chi connectivity index (χ2v) is 8.76. The first-order valence-corrected chi connectivity index (χ1v) is 10.9. The van der Waals surface area contributed by atoms with Crippen LogP contribution in [0.3, 0.4) is 0 Å². The summed E-state index contributed by atoms with van der Waals surface area (Å²) in [7, 11) is 0. The van der Waals surface area contributed by atoms with Gasteiger partial charge in [0.1, 0.15) is 0 Å². The normalized spacial score (nSPS) is 18.2. The van der Waals surface area contributed by atoms with Gasteiger partial charge < -0.3 is 15.2 Å². The van der Waals surface area contributed by atoms with Crippen molar-refractivity contribution in [2.45, 2.75) is 32.1 Å². The molecule has 1 saturated heterocycles. The molecule has 0 spiro atoms. The third-order valence-electron chi connectivity index (χ3n) is 6.33. The predicted octanol–water partition coefficient (Wildman–Crippen LogP) is 4.34. The van der Waals surface area contributed by atoms with Crippen molar-refractivity contribution in [2.24, 2.45) is 5.92 Å². The highest BCUT2D eigenvalue weighted by Crippen LogP contribution is 2.27. The molecule has 1 atom stereocenters. The Balaban J connectivity index is 1.21. The number of H-pyrrole nitrogens is 1. The van der Waals surface area contributed by atoms with Crippen LogP contribution in [0, 0.1) is 5.92 Å². The summed E-state index contributed by atoms with van der Waals surface area (Å²) in [4.78, 5) is 30.3. The van der Waals surface area contributed by atoms with Crippen LogP contribution in [0.5, 0.6) is 0 Å². The first-order valence-electron chi connectivity index (χ1n) is 10.5. The van der Waals surface area contributed by atoms with Gasteiger partial charge in [-0.05, 0) is 72.7 Å². The molecule has 1 aliphatic heterocycles. The molecule has 5 rings (SSSR count). The third kappa shape index (κ3) is 3.70. The van der Waals surface area contributed by atoms with Gasteiger partial charge in [-0.1, -0.05) is 17.7 Å². The zero-order valence-corrected chi connectivity index (χ0v) is 17.5. The van der Waals surface area contributed by atoms with Gasteiger partial charge in [-0.25, -0.2) is 0 Å². The number of benzene rings is 2. The van der Waals surface area contributed by atoms with E-state index < -0.39 is 0 Å². The molecule has 1 unspecified atom stereocenters. The number of hydrogen-bond acceptors (Lipinski definition) is 2. The number of hydrogen-bond donors (Lipinski definition) is 2. The monoisotopic (exact) mass is 421 g/mol. The molecule has 0 saturated carbocycles. The summed E-state index contributed by atoms with van der Waals surface area (Å²) in [5.41, 5.74) is 5.71. The molecule has 2 amide bonds. The van der Waals surface area contributed by atoms with Crippen LogP contribution in [0.2, 0.25) is 5.02 Å². The molecule has 154 valence electrons. The number of halogens is 1. The van der Waals surface area contributed by atoms with E-state index in [9.17, 15) is 9.59 Å². The number of carbonyl (C=O) groups excluding carboxylic acids is 2. The van der Waals surface area contributed by atoms with Crippen LogP contribution in [0.1, 0.15) is 29.5 Å². The Hall–Kier alpha value is -2.79. The van der Waals surface area contributed by atoms with Crippen LogP contribution < -0.4 is 5.32 Å². The molecule has 0 bridgehead atoms. The van der Waals surface area contributed by atoms with Crippen molar-refractivity contribution < 1.29 is 9.59 Å². The molecule has 1 fully saturated rings. The first-order chi connectivity index (χ1) is 14.6. The van der Waals surface area contributed by atoms with Crippen LogP contribution in [-0.2, 0) is 28.9 Å². The second-order valence-electron chi connectivity index (χ2n) is 8.32. The fraction of sp³-hybridized carbons (Fsp3) is 0.333. The van der Waals surface area contributed by atoms with Gasteiger partial charge in [-0.3, -0.25) is 9.59 Å². The SMILES string of the molecule is O=C(Nc1ccc2c(c1)CCC2)C1CC(=O)N(CCc2c[nH]c3ccc(Cl)cc23)C1. The van der Waals surface area contributed by atoms with Crippen LogP contribution in [0.15, 0.2) is 42.6 Å². The summed E-state index contributed by atoms with van der Waals surface area (Å²) in [6.45, 7) is 1.07. The number of aromatic amines is 1. The van der Waals surface area contributed by atoms with Crippen molar-refractivity contribution in [2.75, 3.05) is 18.4 Å². The number of fused-ring (bicyclic) bond motifs is 2. The van der Waals surface area contributed by atoms with Crippen molar-refractivity contribution in [3.63, 3.8) is 0 Å². The van der Waals surface area contributed by atoms with Crippen LogP contribution in [0.4, 0.5) is 5.69 Å². The Kier molecular flexibility index (Phi) is 4.99. The number of likely N-dealkylation sites (tertiary alicyclic amines) is 1. The fourth-order valence-electron chi connectivity index (χ4n) is 4.67. The van der Waals surface area contributed by atoms with Crippen molar-refractivity contribution in [3.8, 4) is 0 Å². The molecule has 3 aromatic rings. The number of amides is 2. The highest BCUT2D eigenvalue weighted by molar-refractivity contribution is 6.31. The molecular weight excluding hydrogens is 398 g/mol. The summed E-state index contributed by atoms with van der Waals surface area (Å²) in [6.07, 6.45) is 6.36. The maximum absolute atomic E-state index is 12.7. The lowest BCUT2D eigenvalue weighted by molar-refractivity contribution is -0.128. The molecule has 2 aromatic carbocycles. The van der Waals surface area contributed by atoms with E-state index in [1.54, 1.807) is 4.90 Å². The average Bonchev–Trinajstić information content (AvgIpc) is 3.44.